The summed E-state index contributed by atoms with van der Waals surface area (Å²) in [6, 6.07) is 27.3. The van der Waals surface area contributed by atoms with E-state index in [4.69, 9.17) is 37.4 Å². The second kappa shape index (κ2) is 17.3. The Morgan fingerprint density at radius 1 is 0.981 bits per heavy atom. The first kappa shape index (κ1) is 37.2. The standard InChI is InChI=1S/C41H33Cl2N3O6S/c1-3-5-16-30(4-2)46-40(49)31(19-27-20-32(42)38(33(43)21-27)50-23-26-17-18-34-35(22-26)52-25-51-34)39(48)45-41(46)53-24-36(47)44-37(28-12-8-6-9-13-28)29-14-10-7-11-15-29/h3-22,37H,1,23-25H2,2H3,(H,44,47)/b16-5-,30-4+,31-19+. The molecule has 0 saturated heterocycles. The van der Waals surface area contributed by atoms with E-state index in [2.05, 4.69) is 16.9 Å². The molecule has 0 unspecified atom stereocenters. The lowest BCUT2D eigenvalue weighted by Gasteiger charge is -2.28. The van der Waals surface area contributed by atoms with Crippen LogP contribution in [0.2, 0.25) is 10.0 Å². The minimum Gasteiger partial charge on any atom is -0.486 e. The Bertz CT molecular complexity index is 2110. The van der Waals surface area contributed by atoms with Crippen molar-refractivity contribution in [2.45, 2.75) is 19.6 Å². The van der Waals surface area contributed by atoms with Crippen LogP contribution in [0.15, 0.2) is 138 Å². The van der Waals surface area contributed by atoms with E-state index in [1.807, 2.05) is 72.8 Å². The zero-order chi connectivity index (χ0) is 37.3. The van der Waals surface area contributed by atoms with Crippen molar-refractivity contribution in [3.63, 3.8) is 0 Å². The molecule has 0 radical (unpaired) electrons. The van der Waals surface area contributed by atoms with Crippen molar-refractivity contribution < 1.29 is 28.6 Å². The van der Waals surface area contributed by atoms with Crippen LogP contribution >= 0.6 is 35.0 Å². The summed E-state index contributed by atoms with van der Waals surface area (Å²) >= 11 is 14.2. The van der Waals surface area contributed by atoms with E-state index in [0.29, 0.717) is 22.8 Å². The van der Waals surface area contributed by atoms with Gasteiger partial charge < -0.3 is 19.5 Å². The molecule has 3 amide bonds. The first-order valence-electron chi connectivity index (χ1n) is 16.4. The molecule has 0 aromatic heterocycles. The molecule has 0 spiro atoms. The summed E-state index contributed by atoms with van der Waals surface area (Å²) in [6.45, 7) is 5.78. The maximum atomic E-state index is 14.1. The molecule has 2 heterocycles. The molecular formula is C41H33Cl2N3O6S. The summed E-state index contributed by atoms with van der Waals surface area (Å²) in [7, 11) is 0. The van der Waals surface area contributed by atoms with E-state index >= 15 is 0 Å². The smallest absolute Gasteiger partial charge is 0.285 e. The molecule has 268 valence electrons. The maximum Gasteiger partial charge on any atom is 0.285 e. The molecule has 4 aromatic rings. The fourth-order valence-corrected chi connectivity index (χ4v) is 6.97. The van der Waals surface area contributed by atoms with Crippen LogP contribution < -0.4 is 19.5 Å². The number of allylic oxidation sites excluding steroid dienone is 4. The van der Waals surface area contributed by atoms with Crippen LogP contribution in [0.5, 0.6) is 17.2 Å². The number of amidine groups is 1. The number of aliphatic imine (C=N–C) groups is 1. The minimum atomic E-state index is -0.779. The Labute approximate surface area is 321 Å². The van der Waals surface area contributed by atoms with Gasteiger partial charge in [0.2, 0.25) is 12.7 Å². The van der Waals surface area contributed by atoms with Crippen molar-refractivity contribution in [2.24, 2.45) is 4.99 Å². The number of fused-ring (bicyclic) bond motifs is 1. The highest BCUT2D eigenvalue weighted by Crippen LogP contribution is 2.37. The SMILES string of the molecule is C=C/C=C\C(=C/C)N1C(=O)/C(=C/c2cc(Cl)c(OCc3ccc4c(c3)OCO4)c(Cl)c2)C(=O)N=C1SCC(=O)NC(c1ccccc1)c1ccccc1. The summed E-state index contributed by atoms with van der Waals surface area (Å²) in [5, 5.41) is 3.49. The average molecular weight is 767 g/mol. The van der Waals surface area contributed by atoms with Gasteiger partial charge in [0, 0.05) is 5.70 Å². The van der Waals surface area contributed by atoms with Crippen molar-refractivity contribution in [3.8, 4) is 17.2 Å². The Balaban J connectivity index is 1.22. The lowest BCUT2D eigenvalue weighted by molar-refractivity contribution is -0.126. The second-order valence-corrected chi connectivity index (χ2v) is 13.4. The Kier molecular flexibility index (Phi) is 12.2. The predicted octanol–water partition coefficient (Wildman–Crippen LogP) is 8.69. The van der Waals surface area contributed by atoms with Crippen molar-refractivity contribution in [1.82, 2.24) is 10.2 Å². The van der Waals surface area contributed by atoms with E-state index in [1.165, 1.54) is 11.0 Å². The Morgan fingerprint density at radius 2 is 1.64 bits per heavy atom. The quantitative estimate of drug-likeness (QED) is 0.0874. The van der Waals surface area contributed by atoms with Crippen molar-refractivity contribution >= 4 is 63.9 Å². The van der Waals surface area contributed by atoms with Gasteiger partial charge in [-0.25, -0.2) is 0 Å². The number of ether oxygens (including phenoxy) is 3. The number of thioether (sulfide) groups is 1. The topological polar surface area (TPSA) is 107 Å². The molecular weight excluding hydrogens is 733 g/mol. The van der Waals surface area contributed by atoms with Gasteiger partial charge in [0.15, 0.2) is 22.4 Å². The highest BCUT2D eigenvalue weighted by atomic mass is 35.5. The van der Waals surface area contributed by atoms with Crippen molar-refractivity contribution in [3.05, 3.63) is 165 Å². The maximum absolute atomic E-state index is 14.1. The zero-order valence-electron chi connectivity index (χ0n) is 28.5. The van der Waals surface area contributed by atoms with Crippen LogP contribution in [0.3, 0.4) is 0 Å². The normalized spacial score (nSPS) is 14.9. The third kappa shape index (κ3) is 8.92. The summed E-state index contributed by atoms with van der Waals surface area (Å²) in [6.07, 6.45) is 7.95. The van der Waals surface area contributed by atoms with Crippen LogP contribution in [0, 0.1) is 0 Å². The molecule has 6 rings (SSSR count). The number of nitrogens with zero attached hydrogens (tertiary/aromatic N) is 2. The van der Waals surface area contributed by atoms with Gasteiger partial charge in [-0.15, -0.1) is 0 Å². The lowest BCUT2D eigenvalue weighted by atomic mass is 9.99. The van der Waals surface area contributed by atoms with Gasteiger partial charge in [0.1, 0.15) is 12.2 Å². The number of carbonyl (C=O) groups excluding carboxylic acids is 3. The molecule has 4 aromatic carbocycles. The Hall–Kier alpha value is -5.55. The van der Waals surface area contributed by atoms with Gasteiger partial charge in [-0.1, -0.05) is 127 Å². The first-order chi connectivity index (χ1) is 25.7. The Morgan fingerprint density at radius 3 is 2.28 bits per heavy atom. The predicted molar refractivity (Wildman–Crippen MR) is 209 cm³/mol. The van der Waals surface area contributed by atoms with E-state index < -0.39 is 17.9 Å². The minimum absolute atomic E-state index is 0.0495. The van der Waals surface area contributed by atoms with E-state index in [1.54, 1.807) is 49.4 Å². The zero-order valence-corrected chi connectivity index (χ0v) is 30.8. The van der Waals surface area contributed by atoms with Crippen molar-refractivity contribution in [2.75, 3.05) is 12.5 Å². The van der Waals surface area contributed by atoms with Gasteiger partial charge in [0.25, 0.3) is 11.8 Å². The number of hydrogen-bond donors (Lipinski definition) is 1. The summed E-state index contributed by atoms with van der Waals surface area (Å²) in [4.78, 5) is 46.6. The van der Waals surface area contributed by atoms with E-state index in [9.17, 15) is 14.4 Å². The molecule has 12 heteroatoms. The second-order valence-electron chi connectivity index (χ2n) is 11.6. The van der Waals surface area contributed by atoms with Crippen LogP contribution in [0.25, 0.3) is 6.08 Å². The number of rotatable bonds is 12. The van der Waals surface area contributed by atoms with Gasteiger partial charge in [0.05, 0.1) is 21.8 Å². The highest BCUT2D eigenvalue weighted by molar-refractivity contribution is 8.14. The van der Waals surface area contributed by atoms with Crippen molar-refractivity contribution in [1.29, 1.82) is 0 Å². The molecule has 0 atom stereocenters. The molecule has 2 aliphatic heterocycles. The molecule has 0 saturated carbocycles. The molecule has 0 fully saturated rings. The van der Waals surface area contributed by atoms with Crippen LogP contribution in [0.1, 0.15) is 35.2 Å². The first-order valence-corrected chi connectivity index (χ1v) is 18.2. The highest BCUT2D eigenvalue weighted by Gasteiger charge is 2.35. The third-order valence-corrected chi connectivity index (χ3v) is 9.56. The van der Waals surface area contributed by atoms with E-state index in [-0.39, 0.29) is 51.6 Å². The molecule has 53 heavy (non-hydrogen) atoms. The molecule has 9 nitrogen and oxygen atoms in total. The molecule has 2 aliphatic rings. The lowest BCUT2D eigenvalue weighted by Crippen LogP contribution is -2.42. The fourth-order valence-electron chi connectivity index (χ4n) is 5.55. The summed E-state index contributed by atoms with van der Waals surface area (Å²) in [5.41, 5.74) is 3.21. The van der Waals surface area contributed by atoms with Gasteiger partial charge in [-0.3, -0.25) is 19.3 Å². The van der Waals surface area contributed by atoms with Gasteiger partial charge in [-0.2, -0.15) is 4.99 Å². The molecule has 1 N–H and O–H groups in total. The number of benzene rings is 4. The third-order valence-electron chi connectivity index (χ3n) is 8.06. The largest absolute Gasteiger partial charge is 0.486 e. The summed E-state index contributed by atoms with van der Waals surface area (Å²) in [5.74, 6) is -0.345. The number of amides is 3. The van der Waals surface area contributed by atoms with E-state index in [0.717, 1.165) is 28.5 Å². The summed E-state index contributed by atoms with van der Waals surface area (Å²) < 4.78 is 16.7. The monoisotopic (exact) mass is 765 g/mol. The van der Waals surface area contributed by atoms with Crippen LogP contribution in [-0.4, -0.2) is 40.3 Å². The number of hydrogen-bond acceptors (Lipinski definition) is 7. The average Bonchev–Trinajstić information content (AvgIpc) is 3.64. The van der Waals surface area contributed by atoms with Crippen LogP contribution in [0.4, 0.5) is 0 Å². The fraction of sp³-hybridized carbons (Fsp3) is 0.122. The number of nitrogens with one attached hydrogen (secondary N) is 1. The van der Waals surface area contributed by atoms with Crippen LogP contribution in [-0.2, 0) is 21.0 Å². The van der Waals surface area contributed by atoms with Gasteiger partial charge in [-0.05, 0) is 65.6 Å². The molecule has 0 bridgehead atoms. The van der Waals surface area contributed by atoms with Gasteiger partial charge >= 0.3 is 0 Å². The number of carbonyl (C=O) groups is 3. The molecule has 0 aliphatic carbocycles. The number of halogens is 2.